The molecule has 20 heavy (non-hydrogen) atoms. The summed E-state index contributed by atoms with van der Waals surface area (Å²) in [6.45, 7) is 4.30. The second kappa shape index (κ2) is 6.03. The summed E-state index contributed by atoms with van der Waals surface area (Å²) < 4.78 is 0. The van der Waals surface area contributed by atoms with Crippen LogP contribution >= 0.6 is 0 Å². The molecule has 0 amide bonds. The van der Waals surface area contributed by atoms with Crippen molar-refractivity contribution in [3.05, 3.63) is 0 Å². The summed E-state index contributed by atoms with van der Waals surface area (Å²) in [5.41, 5.74) is -0.235. The largest absolute Gasteiger partial charge is 0.300 e. The molecule has 0 aromatic rings. The molecule has 1 saturated heterocycles. The van der Waals surface area contributed by atoms with Crippen molar-refractivity contribution >= 4 is 0 Å². The van der Waals surface area contributed by atoms with Gasteiger partial charge in [0.05, 0.1) is 6.07 Å². The molecule has 1 heterocycles. The molecule has 0 aromatic carbocycles. The van der Waals surface area contributed by atoms with Gasteiger partial charge in [-0.15, -0.1) is 0 Å². The zero-order chi connectivity index (χ0) is 14.0. The lowest BCUT2D eigenvalue weighted by Crippen LogP contribution is -2.52. The average Bonchev–Trinajstić information content (AvgIpc) is 2.92. The third-order valence-corrected chi connectivity index (χ3v) is 5.97. The number of nitrogens with zero attached hydrogens (tertiary/aromatic N) is 2. The van der Waals surface area contributed by atoms with Crippen LogP contribution in [0, 0.1) is 17.2 Å². The van der Waals surface area contributed by atoms with Gasteiger partial charge in [-0.25, -0.2) is 0 Å². The van der Waals surface area contributed by atoms with Crippen LogP contribution in [0.5, 0.6) is 0 Å². The summed E-state index contributed by atoms with van der Waals surface area (Å²) in [6.07, 6.45) is 11.8. The topological polar surface area (TPSA) is 39.1 Å². The van der Waals surface area contributed by atoms with Crippen molar-refractivity contribution in [2.24, 2.45) is 5.92 Å². The van der Waals surface area contributed by atoms with Gasteiger partial charge in [0, 0.05) is 12.1 Å². The lowest BCUT2D eigenvalue weighted by atomic mass is 9.77. The minimum Gasteiger partial charge on any atom is -0.300 e. The Morgan fingerprint density at radius 2 is 2.00 bits per heavy atom. The number of nitriles is 1. The molecular formula is C17H29N3. The summed E-state index contributed by atoms with van der Waals surface area (Å²) >= 11 is 0. The molecule has 4 atom stereocenters. The molecule has 0 spiro atoms. The van der Waals surface area contributed by atoms with Gasteiger partial charge in [-0.1, -0.05) is 19.8 Å². The number of hydrogen-bond acceptors (Lipinski definition) is 3. The van der Waals surface area contributed by atoms with Crippen molar-refractivity contribution in [1.82, 2.24) is 10.2 Å². The fourth-order valence-electron chi connectivity index (χ4n) is 5.06. The highest BCUT2D eigenvalue weighted by atomic mass is 15.2. The van der Waals surface area contributed by atoms with Crippen molar-refractivity contribution < 1.29 is 0 Å². The molecule has 3 nitrogen and oxygen atoms in total. The Hall–Kier alpha value is -0.590. The summed E-state index contributed by atoms with van der Waals surface area (Å²) in [7, 11) is 0. The van der Waals surface area contributed by atoms with E-state index in [1.54, 1.807) is 0 Å². The average molecular weight is 275 g/mol. The van der Waals surface area contributed by atoms with Crippen molar-refractivity contribution in [3.63, 3.8) is 0 Å². The van der Waals surface area contributed by atoms with Gasteiger partial charge >= 0.3 is 0 Å². The predicted molar refractivity (Wildman–Crippen MR) is 81.3 cm³/mol. The van der Waals surface area contributed by atoms with Crippen LogP contribution in [-0.2, 0) is 0 Å². The summed E-state index contributed by atoms with van der Waals surface area (Å²) in [6, 6.07) is 4.07. The highest BCUT2D eigenvalue weighted by Gasteiger charge is 2.44. The monoisotopic (exact) mass is 275 g/mol. The van der Waals surface area contributed by atoms with E-state index in [2.05, 4.69) is 23.2 Å². The van der Waals surface area contributed by atoms with Gasteiger partial charge in [-0.2, -0.15) is 5.26 Å². The number of likely N-dealkylation sites (tertiary alicyclic amines) is 1. The molecule has 0 bridgehead atoms. The fraction of sp³-hybridized carbons (Fsp3) is 0.941. The molecule has 3 aliphatic rings. The first-order chi connectivity index (χ1) is 9.78. The first-order valence-corrected chi connectivity index (χ1v) is 8.70. The lowest BCUT2D eigenvalue weighted by molar-refractivity contribution is 0.0261. The van der Waals surface area contributed by atoms with Crippen molar-refractivity contribution in [2.75, 3.05) is 13.1 Å². The first kappa shape index (κ1) is 14.4. The first-order valence-electron chi connectivity index (χ1n) is 8.70. The molecule has 2 saturated carbocycles. The lowest BCUT2D eigenvalue weighted by Gasteiger charge is -2.47. The van der Waals surface area contributed by atoms with Crippen LogP contribution < -0.4 is 5.32 Å². The van der Waals surface area contributed by atoms with Crippen LogP contribution in [-0.4, -0.2) is 35.6 Å². The molecule has 3 heteroatoms. The van der Waals surface area contributed by atoms with E-state index in [-0.39, 0.29) is 5.54 Å². The second-order valence-electron chi connectivity index (χ2n) is 7.11. The molecule has 1 aliphatic heterocycles. The maximum atomic E-state index is 9.57. The van der Waals surface area contributed by atoms with Crippen molar-refractivity contribution in [3.8, 4) is 6.07 Å². The minimum absolute atomic E-state index is 0.235. The summed E-state index contributed by atoms with van der Waals surface area (Å²) in [5.74, 6) is 0.953. The van der Waals surface area contributed by atoms with Gasteiger partial charge in [-0.05, 0) is 64.0 Å². The van der Waals surface area contributed by atoms with Gasteiger partial charge < -0.3 is 0 Å². The Bertz CT molecular complexity index is 373. The third-order valence-electron chi connectivity index (χ3n) is 5.97. The molecule has 112 valence electrons. The van der Waals surface area contributed by atoms with E-state index in [1.807, 2.05) is 0 Å². The van der Waals surface area contributed by atoms with Crippen LogP contribution in [0.15, 0.2) is 0 Å². The smallest absolute Gasteiger partial charge is 0.108 e. The molecular weight excluding hydrogens is 246 g/mol. The van der Waals surface area contributed by atoms with Gasteiger partial charge in [0.2, 0.25) is 0 Å². The van der Waals surface area contributed by atoms with Gasteiger partial charge in [0.1, 0.15) is 5.54 Å². The van der Waals surface area contributed by atoms with Crippen LogP contribution in [0.3, 0.4) is 0 Å². The fourth-order valence-corrected chi connectivity index (χ4v) is 5.06. The van der Waals surface area contributed by atoms with E-state index < -0.39 is 0 Å². The molecule has 1 N–H and O–H groups in total. The van der Waals surface area contributed by atoms with Crippen LogP contribution in [0.1, 0.15) is 64.7 Å². The van der Waals surface area contributed by atoms with E-state index in [1.165, 1.54) is 51.5 Å². The van der Waals surface area contributed by atoms with Crippen LogP contribution in [0.2, 0.25) is 0 Å². The van der Waals surface area contributed by atoms with Crippen LogP contribution in [0.4, 0.5) is 0 Å². The quantitative estimate of drug-likeness (QED) is 0.860. The number of rotatable bonds is 3. The molecule has 3 fully saturated rings. The zero-order valence-corrected chi connectivity index (χ0v) is 12.9. The third kappa shape index (κ3) is 2.61. The van der Waals surface area contributed by atoms with E-state index in [0.29, 0.717) is 6.04 Å². The van der Waals surface area contributed by atoms with E-state index in [0.717, 1.165) is 31.3 Å². The maximum Gasteiger partial charge on any atom is 0.108 e. The number of hydrogen-bond donors (Lipinski definition) is 1. The zero-order valence-electron chi connectivity index (χ0n) is 12.9. The Kier molecular flexibility index (Phi) is 4.33. The molecule has 4 unspecified atom stereocenters. The Labute approximate surface area is 123 Å². The van der Waals surface area contributed by atoms with Crippen LogP contribution in [0.25, 0.3) is 0 Å². The van der Waals surface area contributed by atoms with Crippen molar-refractivity contribution in [1.29, 1.82) is 5.26 Å². The molecule has 0 radical (unpaired) electrons. The summed E-state index contributed by atoms with van der Waals surface area (Å²) in [5, 5.41) is 13.0. The Morgan fingerprint density at radius 3 is 2.80 bits per heavy atom. The normalized spacial score (nSPS) is 42.1. The van der Waals surface area contributed by atoms with E-state index in [9.17, 15) is 5.26 Å². The maximum absolute atomic E-state index is 9.57. The van der Waals surface area contributed by atoms with Crippen molar-refractivity contribution in [2.45, 2.75) is 82.3 Å². The highest BCUT2D eigenvalue weighted by molar-refractivity contribution is 5.14. The van der Waals surface area contributed by atoms with E-state index >= 15 is 0 Å². The number of nitrogens with one attached hydrogen (secondary N) is 1. The van der Waals surface area contributed by atoms with E-state index in [4.69, 9.17) is 0 Å². The second-order valence-corrected chi connectivity index (χ2v) is 7.11. The Balaban J connectivity index is 1.68. The molecule has 0 aromatic heterocycles. The Morgan fingerprint density at radius 1 is 1.20 bits per heavy atom. The minimum atomic E-state index is -0.235. The molecule has 2 aliphatic carbocycles. The predicted octanol–water partition coefficient (Wildman–Crippen LogP) is 3.07. The highest BCUT2D eigenvalue weighted by Crippen LogP contribution is 2.41. The number of piperidine rings is 1. The van der Waals surface area contributed by atoms with Gasteiger partial charge in [-0.3, -0.25) is 10.2 Å². The summed E-state index contributed by atoms with van der Waals surface area (Å²) in [4.78, 5) is 2.81. The number of fused-ring (bicyclic) bond motifs is 1. The SMILES string of the molecule is CCNC1(C#N)CCC(N2CCCC3CCCCC32)C1. The van der Waals surface area contributed by atoms with Gasteiger partial charge in [0.15, 0.2) is 0 Å². The standard InChI is InChI=1S/C17H29N3/c1-2-19-17(13-18)10-9-15(12-17)20-11-5-7-14-6-3-4-8-16(14)20/h14-16,19H,2-12H2,1H3. The van der Waals surface area contributed by atoms with Gasteiger partial charge in [0.25, 0.3) is 0 Å². The molecule has 3 rings (SSSR count).